The van der Waals surface area contributed by atoms with E-state index in [0.717, 1.165) is 0 Å². The molecule has 112 valence electrons. The van der Waals surface area contributed by atoms with Crippen molar-refractivity contribution >= 4 is 23.3 Å². The van der Waals surface area contributed by atoms with Gasteiger partial charge in [-0.1, -0.05) is 18.2 Å². The van der Waals surface area contributed by atoms with Gasteiger partial charge in [0.25, 0.3) is 0 Å². The number of nitrogens with one attached hydrogen (secondary N) is 2. The van der Waals surface area contributed by atoms with Crippen LogP contribution in [0.1, 0.15) is 32.4 Å². The van der Waals surface area contributed by atoms with Crippen LogP contribution in [0.2, 0.25) is 0 Å². The van der Waals surface area contributed by atoms with E-state index in [0.29, 0.717) is 21.9 Å². The van der Waals surface area contributed by atoms with Crippen molar-refractivity contribution in [2.45, 2.75) is 32.9 Å². The Morgan fingerprint density at radius 3 is 2.67 bits per heavy atom. The summed E-state index contributed by atoms with van der Waals surface area (Å²) < 4.78 is 19.3. The fraction of sp³-hybridized carbons (Fsp3) is 0.333. The minimum Gasteiger partial charge on any atom is -0.459 e. The molecule has 4 nitrogen and oxygen atoms in total. The molecule has 0 radical (unpaired) electrons. The molecule has 2 rings (SSSR count). The van der Waals surface area contributed by atoms with E-state index in [1.165, 1.54) is 6.07 Å². The zero-order chi connectivity index (χ0) is 15.6. The van der Waals surface area contributed by atoms with Gasteiger partial charge in [-0.25, -0.2) is 9.18 Å². The first-order valence-corrected chi connectivity index (χ1v) is 7.04. The number of hydrogen-bond acceptors (Lipinski definition) is 3. The SMILES string of the molecule is CC1=C(C(=O)OC(C)C)[C@@H](c2ccccc2F)NC(=S)N1. The van der Waals surface area contributed by atoms with E-state index in [-0.39, 0.29) is 6.10 Å². The summed E-state index contributed by atoms with van der Waals surface area (Å²) in [5.74, 6) is -0.888. The molecular weight excluding hydrogens is 291 g/mol. The second-order valence-electron chi connectivity index (χ2n) is 5.05. The van der Waals surface area contributed by atoms with E-state index < -0.39 is 17.8 Å². The maximum atomic E-state index is 14.0. The summed E-state index contributed by atoms with van der Waals surface area (Å²) in [7, 11) is 0. The maximum Gasteiger partial charge on any atom is 0.338 e. The van der Waals surface area contributed by atoms with Crippen molar-refractivity contribution in [2.24, 2.45) is 0 Å². The summed E-state index contributed by atoms with van der Waals surface area (Å²) in [4.78, 5) is 12.3. The number of ether oxygens (including phenoxy) is 1. The predicted molar refractivity (Wildman–Crippen MR) is 81.9 cm³/mol. The third kappa shape index (κ3) is 3.39. The lowest BCUT2D eigenvalue weighted by molar-refractivity contribution is -0.143. The second kappa shape index (κ2) is 6.22. The van der Waals surface area contributed by atoms with Crippen LogP contribution in [0.3, 0.4) is 0 Å². The van der Waals surface area contributed by atoms with Gasteiger partial charge in [0, 0.05) is 11.3 Å². The summed E-state index contributed by atoms with van der Waals surface area (Å²) in [6, 6.07) is 5.62. The van der Waals surface area contributed by atoms with Crippen LogP contribution >= 0.6 is 12.2 Å². The molecule has 6 heteroatoms. The van der Waals surface area contributed by atoms with Crippen LogP contribution in [-0.2, 0) is 9.53 Å². The molecular formula is C15H17FN2O2S. The van der Waals surface area contributed by atoms with Crippen molar-refractivity contribution in [1.82, 2.24) is 10.6 Å². The first-order chi connectivity index (χ1) is 9.90. The molecule has 1 atom stereocenters. The van der Waals surface area contributed by atoms with Crippen LogP contribution in [0.15, 0.2) is 35.5 Å². The normalized spacial score (nSPS) is 18.3. The lowest BCUT2D eigenvalue weighted by Gasteiger charge is -2.30. The van der Waals surface area contributed by atoms with Gasteiger partial charge in [0.1, 0.15) is 5.82 Å². The van der Waals surface area contributed by atoms with Crippen LogP contribution in [-0.4, -0.2) is 17.2 Å². The Bertz CT molecular complexity index is 613. The van der Waals surface area contributed by atoms with Crippen molar-refractivity contribution in [3.05, 3.63) is 46.9 Å². The van der Waals surface area contributed by atoms with Gasteiger partial charge in [-0.15, -0.1) is 0 Å². The minimum absolute atomic E-state index is 0.257. The third-order valence-electron chi connectivity index (χ3n) is 3.05. The van der Waals surface area contributed by atoms with Gasteiger partial charge in [0.05, 0.1) is 17.7 Å². The summed E-state index contributed by atoms with van der Waals surface area (Å²) in [6.45, 7) is 5.25. The molecule has 21 heavy (non-hydrogen) atoms. The Balaban J connectivity index is 2.46. The number of carbonyl (C=O) groups is 1. The van der Waals surface area contributed by atoms with Gasteiger partial charge in [-0.3, -0.25) is 0 Å². The highest BCUT2D eigenvalue weighted by atomic mass is 32.1. The molecule has 0 amide bonds. The lowest BCUT2D eigenvalue weighted by Crippen LogP contribution is -2.45. The number of thiocarbonyl (C=S) groups is 1. The van der Waals surface area contributed by atoms with Gasteiger partial charge in [-0.2, -0.15) is 0 Å². The first-order valence-electron chi connectivity index (χ1n) is 6.64. The average Bonchev–Trinajstić information content (AvgIpc) is 2.37. The minimum atomic E-state index is -0.661. The molecule has 0 saturated carbocycles. The Kier molecular flexibility index (Phi) is 4.57. The number of carbonyl (C=O) groups excluding carboxylic acids is 1. The number of rotatable bonds is 3. The summed E-state index contributed by atoms with van der Waals surface area (Å²) in [5.41, 5.74) is 1.26. The van der Waals surface area contributed by atoms with Crippen LogP contribution in [0.5, 0.6) is 0 Å². The number of hydrogen-bond donors (Lipinski definition) is 2. The number of allylic oxidation sites excluding steroid dienone is 1. The Labute approximate surface area is 128 Å². The number of benzene rings is 1. The maximum absolute atomic E-state index is 14.0. The second-order valence-corrected chi connectivity index (χ2v) is 5.45. The van der Waals surface area contributed by atoms with E-state index in [1.54, 1.807) is 39.0 Å². The van der Waals surface area contributed by atoms with Crippen LogP contribution in [0, 0.1) is 5.82 Å². The fourth-order valence-corrected chi connectivity index (χ4v) is 2.46. The quantitative estimate of drug-likeness (QED) is 0.664. The van der Waals surface area contributed by atoms with Gasteiger partial charge in [0.15, 0.2) is 5.11 Å². The molecule has 0 fully saturated rings. The molecule has 0 aliphatic carbocycles. The molecule has 0 bridgehead atoms. The molecule has 0 saturated heterocycles. The first kappa shape index (κ1) is 15.4. The predicted octanol–water partition coefficient (Wildman–Crippen LogP) is 2.57. The third-order valence-corrected chi connectivity index (χ3v) is 3.27. The number of esters is 1. The van der Waals surface area contributed by atoms with Crippen molar-refractivity contribution < 1.29 is 13.9 Å². The molecule has 2 N–H and O–H groups in total. The highest BCUT2D eigenvalue weighted by Gasteiger charge is 2.32. The smallest absolute Gasteiger partial charge is 0.338 e. The van der Waals surface area contributed by atoms with E-state index in [4.69, 9.17) is 17.0 Å². The van der Waals surface area contributed by atoms with Gasteiger partial charge in [0.2, 0.25) is 0 Å². The zero-order valence-electron chi connectivity index (χ0n) is 12.1. The Morgan fingerprint density at radius 2 is 2.05 bits per heavy atom. The molecule has 1 aromatic rings. The highest BCUT2D eigenvalue weighted by Crippen LogP contribution is 2.29. The highest BCUT2D eigenvalue weighted by molar-refractivity contribution is 7.80. The molecule has 0 unspecified atom stereocenters. The molecule has 0 spiro atoms. The largest absolute Gasteiger partial charge is 0.459 e. The standard InChI is InChI=1S/C15H17FN2O2S/c1-8(2)20-14(19)12-9(3)17-15(21)18-13(12)10-6-4-5-7-11(10)16/h4-8,13H,1-3H3,(H2,17,18,21)/t13-/m1/s1. The van der Waals surface area contributed by atoms with Crippen LogP contribution < -0.4 is 10.6 Å². The molecule has 0 aromatic heterocycles. The van der Waals surface area contributed by atoms with E-state index >= 15 is 0 Å². The molecule has 1 aliphatic heterocycles. The van der Waals surface area contributed by atoms with E-state index in [1.807, 2.05) is 0 Å². The van der Waals surface area contributed by atoms with Crippen molar-refractivity contribution in [2.75, 3.05) is 0 Å². The van der Waals surface area contributed by atoms with Gasteiger partial charge in [-0.05, 0) is 39.1 Å². The van der Waals surface area contributed by atoms with Gasteiger partial charge >= 0.3 is 5.97 Å². The van der Waals surface area contributed by atoms with Gasteiger partial charge < -0.3 is 15.4 Å². The zero-order valence-corrected chi connectivity index (χ0v) is 12.9. The number of halogens is 1. The molecule has 1 aliphatic rings. The monoisotopic (exact) mass is 308 g/mol. The fourth-order valence-electron chi connectivity index (χ4n) is 2.18. The topological polar surface area (TPSA) is 50.4 Å². The Morgan fingerprint density at radius 1 is 1.38 bits per heavy atom. The molecule has 1 aromatic carbocycles. The van der Waals surface area contributed by atoms with Crippen molar-refractivity contribution in [3.63, 3.8) is 0 Å². The lowest BCUT2D eigenvalue weighted by atomic mass is 9.95. The average molecular weight is 308 g/mol. The summed E-state index contributed by atoms with van der Waals surface area (Å²) in [5, 5.41) is 6.16. The van der Waals surface area contributed by atoms with Crippen LogP contribution in [0.25, 0.3) is 0 Å². The van der Waals surface area contributed by atoms with Crippen molar-refractivity contribution in [1.29, 1.82) is 0 Å². The van der Waals surface area contributed by atoms with Crippen LogP contribution in [0.4, 0.5) is 4.39 Å². The summed E-state index contributed by atoms with van der Waals surface area (Å²) in [6.07, 6.45) is -0.257. The van der Waals surface area contributed by atoms with Crippen molar-refractivity contribution in [3.8, 4) is 0 Å². The molecule has 1 heterocycles. The van der Waals surface area contributed by atoms with E-state index in [2.05, 4.69) is 10.6 Å². The Hall–Kier alpha value is -1.95. The van der Waals surface area contributed by atoms with E-state index in [9.17, 15) is 9.18 Å². The summed E-state index contributed by atoms with van der Waals surface area (Å²) >= 11 is 5.10.